The van der Waals surface area contributed by atoms with Crippen LogP contribution >= 0.6 is 0 Å². The average molecular weight is 988 g/mol. The summed E-state index contributed by atoms with van der Waals surface area (Å²) in [6.45, 7) is 4.12. The molecule has 17 heteroatoms. The molecule has 0 spiro atoms. The monoisotopic (exact) mass is 987 g/mol. The van der Waals surface area contributed by atoms with Gasteiger partial charge in [-0.15, -0.1) is 0 Å². The van der Waals surface area contributed by atoms with E-state index in [2.05, 4.69) is 4.98 Å². The molecule has 0 bridgehead atoms. The van der Waals surface area contributed by atoms with E-state index in [0.29, 0.717) is 38.5 Å². The molecule has 2 aliphatic rings. The van der Waals surface area contributed by atoms with Gasteiger partial charge in [0.2, 0.25) is 0 Å². The number of para-hydroxylation sites is 2. The molecular weight excluding hydrogens is 939 g/mol. The smallest absolute Gasteiger partial charge is 0.303 e. The number of benzene rings is 6. The van der Waals surface area contributed by atoms with Crippen molar-refractivity contribution in [2.75, 3.05) is 13.3 Å². The van der Waals surface area contributed by atoms with Crippen molar-refractivity contribution in [3.05, 3.63) is 155 Å². The van der Waals surface area contributed by atoms with Crippen LogP contribution in [0.3, 0.4) is 0 Å². The fourth-order valence-corrected chi connectivity index (χ4v) is 9.82. The molecule has 0 unspecified atom stereocenters. The van der Waals surface area contributed by atoms with Gasteiger partial charge in [0.25, 0.3) is 11.8 Å². The van der Waals surface area contributed by atoms with Crippen molar-refractivity contribution in [2.24, 2.45) is 0 Å². The molecule has 17 nitrogen and oxygen atoms in total. The Hall–Kier alpha value is -8.54. The van der Waals surface area contributed by atoms with E-state index in [1.165, 1.54) is 6.92 Å². The van der Waals surface area contributed by atoms with Gasteiger partial charge in [-0.05, 0) is 28.8 Å². The first-order valence-electron chi connectivity index (χ1n) is 23.6. The Bertz CT molecular complexity index is 3440. The molecule has 5 atom stereocenters. The van der Waals surface area contributed by atoms with Crippen molar-refractivity contribution in [2.45, 2.75) is 78.2 Å². The van der Waals surface area contributed by atoms with E-state index in [1.54, 1.807) is 34.9 Å². The minimum absolute atomic E-state index is 0.0434. The normalized spacial score (nSPS) is 18.5. The molecule has 8 aromatic rings. The van der Waals surface area contributed by atoms with E-state index in [4.69, 9.17) is 37.9 Å². The first-order valence-corrected chi connectivity index (χ1v) is 23.6. The van der Waals surface area contributed by atoms with Crippen LogP contribution in [0.1, 0.15) is 71.3 Å². The van der Waals surface area contributed by atoms with Crippen molar-refractivity contribution in [1.29, 1.82) is 0 Å². The van der Waals surface area contributed by atoms with Gasteiger partial charge < -0.3 is 47.4 Å². The lowest BCUT2D eigenvalue weighted by atomic mass is 9.96. The molecule has 6 aromatic carbocycles. The molecule has 2 aliphatic heterocycles. The van der Waals surface area contributed by atoms with Crippen molar-refractivity contribution >= 4 is 79.3 Å². The average Bonchev–Trinajstić information content (AvgIpc) is 4.01. The third kappa shape index (κ3) is 9.31. The van der Waals surface area contributed by atoms with Crippen LogP contribution in [0.15, 0.2) is 127 Å². The van der Waals surface area contributed by atoms with Crippen LogP contribution < -0.4 is 9.47 Å². The number of carbonyl (C=O) groups excluding carboxylic acids is 6. The van der Waals surface area contributed by atoms with E-state index in [9.17, 15) is 19.2 Å². The summed E-state index contributed by atoms with van der Waals surface area (Å²) in [6.07, 6.45) is -7.54. The number of H-pyrrole nitrogens is 1. The van der Waals surface area contributed by atoms with Crippen LogP contribution in [0.2, 0.25) is 0 Å². The quantitative estimate of drug-likeness (QED) is 0.0548. The van der Waals surface area contributed by atoms with Crippen LogP contribution in [0.5, 0.6) is 11.5 Å². The summed E-state index contributed by atoms with van der Waals surface area (Å²) in [7, 11) is 0. The minimum Gasteiger partial charge on any atom is -0.487 e. The Labute approximate surface area is 417 Å². The number of fused-ring (bicyclic) bond motifs is 10. The lowest BCUT2D eigenvalue weighted by Crippen LogP contribution is -2.60. The standard InChI is InChI=1S/C56H49N3O14/c1-31(60)67-29-42-51(70-32(2)61)52(71-33(3)62)53(72-34(4)63)56(73-42)59-49-39(23-15-25-41(49)69-28-37-20-12-7-13-21-37)44-46-45(54(64)58(55(46)65)30-66-26-35-16-8-5-9-17-35)43-38-22-14-24-40(47(38)57-48(43)50(44)59)68-27-36-18-10-6-11-19-36/h5-25,42,51-53,56-57H,26-30H2,1-4H3/t42-,51-,52+,53-,56-/m1/s1. The van der Waals surface area contributed by atoms with Gasteiger partial charge in [-0.25, -0.2) is 4.90 Å². The number of carbonyl (C=O) groups is 6. The summed E-state index contributed by atoms with van der Waals surface area (Å²) in [5, 5.41) is 1.59. The Morgan fingerprint density at radius 2 is 1.05 bits per heavy atom. The fourth-order valence-electron chi connectivity index (χ4n) is 9.82. The Morgan fingerprint density at radius 3 is 1.64 bits per heavy atom. The third-order valence-corrected chi connectivity index (χ3v) is 12.7. The summed E-state index contributed by atoms with van der Waals surface area (Å²) in [5.74, 6) is -3.69. The molecule has 2 aromatic heterocycles. The van der Waals surface area contributed by atoms with Crippen LogP contribution in [-0.2, 0) is 67.4 Å². The molecule has 0 saturated carbocycles. The second-order valence-electron chi connectivity index (χ2n) is 17.7. The van der Waals surface area contributed by atoms with Gasteiger partial charge in [-0.1, -0.05) is 115 Å². The van der Waals surface area contributed by atoms with Crippen molar-refractivity contribution in [1.82, 2.24) is 14.5 Å². The van der Waals surface area contributed by atoms with Gasteiger partial charge in [0, 0.05) is 49.2 Å². The van der Waals surface area contributed by atoms with E-state index < -0.39 is 72.9 Å². The predicted octanol–water partition coefficient (Wildman–Crippen LogP) is 8.61. The lowest BCUT2D eigenvalue weighted by molar-refractivity contribution is -0.267. The van der Waals surface area contributed by atoms with E-state index in [1.807, 2.05) is 97.1 Å². The second-order valence-corrected chi connectivity index (χ2v) is 17.7. The van der Waals surface area contributed by atoms with Gasteiger partial charge in [-0.2, -0.15) is 0 Å². The molecule has 372 valence electrons. The molecule has 73 heavy (non-hydrogen) atoms. The predicted molar refractivity (Wildman–Crippen MR) is 264 cm³/mol. The summed E-state index contributed by atoms with van der Waals surface area (Å²) >= 11 is 0. The Morgan fingerprint density at radius 1 is 0.534 bits per heavy atom. The SMILES string of the molecule is CC(=O)OC[C@H]1O[C@@H](n2c3c(OCc4ccccc4)cccc3c3c4c(c5c6cccc(OCc7ccccc7)c6[nH]c5c32)C(=O)N(COCc2ccccc2)C4=O)[C@H](OC(C)=O)[C@@H](OC(C)=O)[C@@H]1OC(C)=O. The van der Waals surface area contributed by atoms with Gasteiger partial charge in [0.1, 0.15) is 44.2 Å². The summed E-state index contributed by atoms with van der Waals surface area (Å²) in [5.41, 5.74) is 4.11. The zero-order valence-corrected chi connectivity index (χ0v) is 40.2. The molecule has 1 fully saturated rings. The largest absolute Gasteiger partial charge is 0.487 e. The van der Waals surface area contributed by atoms with Gasteiger partial charge >= 0.3 is 23.9 Å². The number of amides is 2. The number of ether oxygens (including phenoxy) is 8. The van der Waals surface area contributed by atoms with E-state index in [0.717, 1.165) is 42.4 Å². The molecule has 10 rings (SSSR count). The zero-order chi connectivity index (χ0) is 50.9. The maximum atomic E-state index is 15.3. The molecule has 2 amide bonds. The number of esters is 4. The van der Waals surface area contributed by atoms with Gasteiger partial charge in [0.05, 0.1) is 39.8 Å². The number of aromatic nitrogens is 2. The number of nitrogens with zero attached hydrogens (tertiary/aromatic N) is 2. The molecule has 1 N–H and O–H groups in total. The topological polar surface area (TPSA) is 200 Å². The van der Waals surface area contributed by atoms with E-state index in [-0.39, 0.29) is 54.3 Å². The van der Waals surface area contributed by atoms with Crippen LogP contribution in [0, 0.1) is 0 Å². The van der Waals surface area contributed by atoms with Gasteiger partial charge in [-0.3, -0.25) is 28.8 Å². The highest BCUT2D eigenvalue weighted by molar-refractivity contribution is 6.39. The maximum Gasteiger partial charge on any atom is 0.303 e. The third-order valence-electron chi connectivity index (χ3n) is 12.7. The highest BCUT2D eigenvalue weighted by Gasteiger charge is 2.54. The number of rotatable bonds is 16. The number of hydrogen-bond acceptors (Lipinski definition) is 14. The molecular formula is C56H49N3O14. The number of aromatic amines is 1. The minimum atomic E-state index is -1.60. The first kappa shape index (κ1) is 48.1. The van der Waals surface area contributed by atoms with Crippen LogP contribution in [0.25, 0.3) is 43.6 Å². The fraction of sp³-hybridized carbons (Fsp3) is 0.250. The highest BCUT2D eigenvalue weighted by Crippen LogP contribution is 2.50. The van der Waals surface area contributed by atoms with Crippen LogP contribution in [-0.4, -0.2) is 87.9 Å². The second kappa shape index (κ2) is 20.3. The highest BCUT2D eigenvalue weighted by atomic mass is 16.7. The number of hydrogen-bond donors (Lipinski definition) is 1. The summed E-state index contributed by atoms with van der Waals surface area (Å²) in [6, 6.07) is 39.0. The molecule has 1 saturated heterocycles. The maximum absolute atomic E-state index is 15.3. The number of imide groups is 1. The Kier molecular flexibility index (Phi) is 13.4. The first-order chi connectivity index (χ1) is 35.4. The molecule has 0 aliphatic carbocycles. The van der Waals surface area contributed by atoms with Crippen LogP contribution in [0.4, 0.5) is 0 Å². The van der Waals surface area contributed by atoms with Gasteiger partial charge in [0.15, 0.2) is 24.5 Å². The zero-order valence-electron chi connectivity index (χ0n) is 40.2. The molecule has 0 radical (unpaired) electrons. The van der Waals surface area contributed by atoms with Crippen molar-refractivity contribution in [3.8, 4) is 11.5 Å². The van der Waals surface area contributed by atoms with E-state index >= 15 is 9.59 Å². The Balaban J connectivity index is 1.28. The lowest BCUT2D eigenvalue weighted by Gasteiger charge is -2.45. The van der Waals surface area contributed by atoms with Crippen molar-refractivity contribution in [3.63, 3.8) is 0 Å². The summed E-state index contributed by atoms with van der Waals surface area (Å²) < 4.78 is 51.2. The van der Waals surface area contributed by atoms with Crippen molar-refractivity contribution < 1.29 is 66.7 Å². The number of nitrogens with one attached hydrogen (secondary N) is 1. The molecule has 4 heterocycles. The summed E-state index contributed by atoms with van der Waals surface area (Å²) in [4.78, 5) is 86.9.